The molecule has 0 spiro atoms. The number of ketones is 1. The largest absolute Gasteiger partial charge is 0.368 e. The van der Waals surface area contributed by atoms with Crippen LogP contribution in [-0.2, 0) is 19.3 Å². The summed E-state index contributed by atoms with van der Waals surface area (Å²) in [7, 11) is 0. The number of fused-ring (bicyclic) bond motifs is 2. The van der Waals surface area contributed by atoms with Crippen LogP contribution in [0.3, 0.4) is 0 Å². The standard InChI is InChI=1S/C24H27FN2O/c25-20-4-1-17(2-5-20)7-11-26-12-9-21(10-13-26)27-14-8-19-15-18-3-6-24(28)22(18)16-23(19)27/h1-2,4-5,15-16,21H,3,6-14H2. The minimum atomic E-state index is -0.164. The summed E-state index contributed by atoms with van der Waals surface area (Å²) in [6.45, 7) is 4.35. The van der Waals surface area contributed by atoms with Crippen molar-refractivity contribution in [2.45, 2.75) is 44.6 Å². The second-order valence-electron chi connectivity index (χ2n) is 8.45. The maximum absolute atomic E-state index is 13.0. The molecular weight excluding hydrogens is 351 g/mol. The van der Waals surface area contributed by atoms with E-state index in [0.717, 1.165) is 51.0 Å². The fourth-order valence-electron chi connectivity index (χ4n) is 5.13. The average molecular weight is 378 g/mol. The van der Waals surface area contributed by atoms with E-state index in [-0.39, 0.29) is 5.82 Å². The second-order valence-corrected chi connectivity index (χ2v) is 8.45. The van der Waals surface area contributed by atoms with Gasteiger partial charge >= 0.3 is 0 Å². The third kappa shape index (κ3) is 3.35. The van der Waals surface area contributed by atoms with Crippen LogP contribution < -0.4 is 4.90 Å². The smallest absolute Gasteiger partial charge is 0.163 e. The summed E-state index contributed by atoms with van der Waals surface area (Å²) in [6.07, 6.45) is 6.05. The van der Waals surface area contributed by atoms with Gasteiger partial charge in [-0.2, -0.15) is 0 Å². The lowest BCUT2D eigenvalue weighted by molar-refractivity contribution is 0.0994. The number of carbonyl (C=O) groups is 1. The highest BCUT2D eigenvalue weighted by Crippen LogP contribution is 2.37. The lowest BCUT2D eigenvalue weighted by Gasteiger charge is -2.38. The predicted molar refractivity (Wildman–Crippen MR) is 110 cm³/mol. The molecule has 146 valence electrons. The SMILES string of the molecule is O=C1CCc2cc3c(cc21)N(C1CCN(CCc2ccc(F)cc2)CC1)CC3. The van der Waals surface area contributed by atoms with Crippen molar-refractivity contribution in [3.05, 3.63) is 64.5 Å². The van der Waals surface area contributed by atoms with Crippen LogP contribution in [0.2, 0.25) is 0 Å². The first kappa shape index (κ1) is 17.9. The molecule has 4 heteroatoms. The Hall–Kier alpha value is -2.20. The van der Waals surface area contributed by atoms with Crippen molar-refractivity contribution in [1.29, 1.82) is 0 Å². The highest BCUT2D eigenvalue weighted by molar-refractivity contribution is 6.01. The van der Waals surface area contributed by atoms with Crippen LogP contribution in [0.1, 0.15) is 46.3 Å². The minimum Gasteiger partial charge on any atom is -0.368 e. The first-order chi connectivity index (χ1) is 13.7. The highest BCUT2D eigenvalue weighted by atomic mass is 19.1. The van der Waals surface area contributed by atoms with Gasteiger partial charge in [0.05, 0.1) is 0 Å². The van der Waals surface area contributed by atoms with Crippen LogP contribution in [0.25, 0.3) is 0 Å². The number of hydrogen-bond donors (Lipinski definition) is 0. The second kappa shape index (κ2) is 7.32. The number of hydrogen-bond acceptors (Lipinski definition) is 3. The molecule has 1 aliphatic carbocycles. The highest BCUT2D eigenvalue weighted by Gasteiger charge is 2.31. The maximum atomic E-state index is 13.0. The zero-order valence-corrected chi connectivity index (χ0v) is 16.3. The molecule has 0 amide bonds. The van der Waals surface area contributed by atoms with E-state index in [0.29, 0.717) is 18.2 Å². The van der Waals surface area contributed by atoms with Crippen molar-refractivity contribution in [2.75, 3.05) is 31.1 Å². The Morgan fingerprint density at radius 2 is 1.71 bits per heavy atom. The van der Waals surface area contributed by atoms with Crippen LogP contribution >= 0.6 is 0 Å². The van der Waals surface area contributed by atoms with Gasteiger partial charge in [0.25, 0.3) is 0 Å². The summed E-state index contributed by atoms with van der Waals surface area (Å²) in [5.41, 5.74) is 6.20. The third-order valence-electron chi connectivity index (χ3n) is 6.79. The van der Waals surface area contributed by atoms with Crippen molar-refractivity contribution in [3.63, 3.8) is 0 Å². The molecule has 2 aromatic carbocycles. The van der Waals surface area contributed by atoms with Gasteiger partial charge < -0.3 is 9.80 Å². The molecule has 0 N–H and O–H groups in total. The van der Waals surface area contributed by atoms with E-state index >= 15 is 0 Å². The monoisotopic (exact) mass is 378 g/mol. The molecule has 3 nitrogen and oxygen atoms in total. The van der Waals surface area contributed by atoms with Gasteiger partial charge in [-0.15, -0.1) is 0 Å². The van der Waals surface area contributed by atoms with E-state index < -0.39 is 0 Å². The molecule has 1 saturated heterocycles. The van der Waals surface area contributed by atoms with E-state index in [1.807, 2.05) is 12.1 Å². The molecule has 0 unspecified atom stereocenters. The molecule has 5 rings (SSSR count). The van der Waals surface area contributed by atoms with Gasteiger partial charge in [0.2, 0.25) is 0 Å². The quantitative estimate of drug-likeness (QED) is 0.803. The Labute approximate surface area is 166 Å². The lowest BCUT2D eigenvalue weighted by Crippen LogP contribution is -2.45. The topological polar surface area (TPSA) is 23.6 Å². The third-order valence-corrected chi connectivity index (χ3v) is 6.79. The number of likely N-dealkylation sites (tertiary alicyclic amines) is 1. The number of carbonyl (C=O) groups excluding carboxylic acids is 1. The summed E-state index contributed by atoms with van der Waals surface area (Å²) >= 11 is 0. The number of piperidine rings is 1. The summed E-state index contributed by atoms with van der Waals surface area (Å²) < 4.78 is 13.0. The minimum absolute atomic E-state index is 0.164. The normalized spacial score (nSPS) is 19.9. The molecule has 3 aliphatic rings. The van der Waals surface area contributed by atoms with Gasteiger partial charge in [-0.1, -0.05) is 18.2 Å². The summed E-state index contributed by atoms with van der Waals surface area (Å²) in [4.78, 5) is 17.3. The zero-order chi connectivity index (χ0) is 19.1. The molecule has 0 bridgehead atoms. The van der Waals surface area contributed by atoms with Gasteiger partial charge in [0.15, 0.2) is 5.78 Å². The van der Waals surface area contributed by atoms with Crippen LogP contribution in [0.5, 0.6) is 0 Å². The molecule has 28 heavy (non-hydrogen) atoms. The number of aryl methyl sites for hydroxylation is 1. The van der Waals surface area contributed by atoms with Crippen molar-refractivity contribution >= 4 is 11.5 Å². The van der Waals surface area contributed by atoms with E-state index in [9.17, 15) is 9.18 Å². The molecular formula is C24H27FN2O. The first-order valence-corrected chi connectivity index (χ1v) is 10.6. The molecule has 2 aliphatic heterocycles. The molecule has 2 aromatic rings. The van der Waals surface area contributed by atoms with Crippen molar-refractivity contribution < 1.29 is 9.18 Å². The van der Waals surface area contributed by atoms with Crippen LogP contribution in [0, 0.1) is 5.82 Å². The molecule has 0 atom stereocenters. The van der Waals surface area contributed by atoms with Gasteiger partial charge in [-0.3, -0.25) is 4.79 Å². The Morgan fingerprint density at radius 1 is 0.929 bits per heavy atom. The van der Waals surface area contributed by atoms with Crippen LogP contribution in [0.4, 0.5) is 10.1 Å². The van der Waals surface area contributed by atoms with Crippen molar-refractivity contribution in [1.82, 2.24) is 4.90 Å². The van der Waals surface area contributed by atoms with Gasteiger partial charge in [0.1, 0.15) is 5.82 Å². The first-order valence-electron chi connectivity index (χ1n) is 10.6. The number of rotatable bonds is 4. The lowest BCUT2D eigenvalue weighted by atomic mass is 10.0. The van der Waals surface area contributed by atoms with E-state index in [1.165, 1.54) is 35.2 Å². The van der Waals surface area contributed by atoms with Gasteiger partial charge in [0, 0.05) is 49.9 Å². The number of anilines is 1. The van der Waals surface area contributed by atoms with E-state index in [4.69, 9.17) is 0 Å². The molecule has 0 saturated carbocycles. The van der Waals surface area contributed by atoms with Crippen molar-refractivity contribution in [3.8, 4) is 0 Å². The number of benzene rings is 2. The van der Waals surface area contributed by atoms with Crippen molar-refractivity contribution in [2.24, 2.45) is 0 Å². The summed E-state index contributed by atoms with van der Waals surface area (Å²) in [5, 5.41) is 0. The zero-order valence-electron chi connectivity index (χ0n) is 16.3. The predicted octanol–water partition coefficient (Wildman–Crippen LogP) is 4.02. The molecule has 0 radical (unpaired) electrons. The Balaban J connectivity index is 1.20. The summed E-state index contributed by atoms with van der Waals surface area (Å²) in [5.74, 6) is 0.156. The number of nitrogens with zero attached hydrogens (tertiary/aromatic N) is 2. The van der Waals surface area contributed by atoms with Gasteiger partial charge in [-0.25, -0.2) is 4.39 Å². The number of Topliss-reactive ketones (excluding diaryl/α,β-unsaturated/α-hetero) is 1. The molecule has 1 fully saturated rings. The fourth-order valence-corrected chi connectivity index (χ4v) is 5.13. The molecule has 0 aromatic heterocycles. The number of halogens is 1. The average Bonchev–Trinajstić information content (AvgIpc) is 3.30. The van der Waals surface area contributed by atoms with Crippen LogP contribution in [0.15, 0.2) is 36.4 Å². The fraction of sp³-hybridized carbons (Fsp3) is 0.458. The Bertz CT molecular complexity index is 884. The molecule has 2 heterocycles. The van der Waals surface area contributed by atoms with E-state index in [2.05, 4.69) is 21.9 Å². The van der Waals surface area contributed by atoms with E-state index in [1.54, 1.807) is 12.1 Å². The Kier molecular flexibility index (Phi) is 4.67. The maximum Gasteiger partial charge on any atom is 0.163 e. The summed E-state index contributed by atoms with van der Waals surface area (Å²) in [6, 6.07) is 12.0. The van der Waals surface area contributed by atoms with Gasteiger partial charge in [-0.05, 0) is 67.0 Å². The van der Waals surface area contributed by atoms with Crippen LogP contribution in [-0.4, -0.2) is 42.9 Å². The Morgan fingerprint density at radius 3 is 2.50 bits per heavy atom.